The lowest BCUT2D eigenvalue weighted by molar-refractivity contribution is 1.44. The van der Waals surface area contributed by atoms with Crippen molar-refractivity contribution in [2.75, 3.05) is 5.73 Å². The average Bonchev–Trinajstić information content (AvgIpc) is 2.63. The molecule has 2 aromatic rings. The molecule has 3 N–H and O–H groups in total. The second-order valence-electron chi connectivity index (χ2n) is 2.74. The van der Waals surface area contributed by atoms with E-state index in [4.69, 9.17) is 5.73 Å². The molecule has 1 heterocycles. The number of aryl methyl sites for hydroxylation is 1. The summed E-state index contributed by atoms with van der Waals surface area (Å²) < 4.78 is 0. The highest BCUT2D eigenvalue weighted by Crippen LogP contribution is 2.22. The van der Waals surface area contributed by atoms with E-state index in [1.807, 2.05) is 39.1 Å². The van der Waals surface area contributed by atoms with Gasteiger partial charge in [0.05, 0.1) is 11.2 Å². The Morgan fingerprint density at radius 2 is 1.85 bits per heavy atom. The van der Waals surface area contributed by atoms with E-state index in [2.05, 4.69) is 11.1 Å². The minimum Gasteiger partial charge on any atom is -0.397 e. The molecule has 70 valence electrons. The first-order chi connectivity index (χ1) is 6.29. The van der Waals surface area contributed by atoms with Crippen LogP contribution in [0, 0.1) is 6.92 Å². The maximum absolute atomic E-state index is 5.83. The van der Waals surface area contributed by atoms with Gasteiger partial charge in [-0.05, 0) is 18.6 Å². The van der Waals surface area contributed by atoms with Gasteiger partial charge < -0.3 is 10.7 Å². The van der Waals surface area contributed by atoms with Crippen LogP contribution in [0.2, 0.25) is 0 Å². The fourth-order valence-electron chi connectivity index (χ4n) is 1.26. The molecular weight excluding hydrogens is 160 g/mol. The van der Waals surface area contributed by atoms with Crippen LogP contribution in [-0.2, 0) is 0 Å². The van der Waals surface area contributed by atoms with Gasteiger partial charge in [0.25, 0.3) is 0 Å². The van der Waals surface area contributed by atoms with Crippen molar-refractivity contribution in [1.29, 1.82) is 0 Å². The summed E-state index contributed by atoms with van der Waals surface area (Å²) in [6, 6.07) is 6.12. The summed E-state index contributed by atoms with van der Waals surface area (Å²) in [5.41, 5.74) is 8.86. The lowest BCUT2D eigenvalue weighted by atomic mass is 10.1. The molecule has 0 bridgehead atoms. The third-order valence-corrected chi connectivity index (χ3v) is 1.99. The van der Waals surface area contributed by atoms with Crippen LogP contribution >= 0.6 is 0 Å². The minimum absolute atomic E-state index is 0.854. The number of nitrogen functional groups attached to an aromatic ring is 1. The Bertz CT molecular complexity index is 388. The molecule has 0 radical (unpaired) electrons. The maximum Gasteiger partial charge on any atom is 0.0690 e. The van der Waals surface area contributed by atoms with E-state index in [-0.39, 0.29) is 0 Å². The van der Waals surface area contributed by atoms with Crippen molar-refractivity contribution in [2.45, 2.75) is 20.8 Å². The van der Waals surface area contributed by atoms with E-state index >= 15 is 0 Å². The lowest BCUT2D eigenvalue weighted by Gasteiger charge is -1.99. The molecule has 0 spiro atoms. The highest BCUT2D eigenvalue weighted by Gasteiger charge is 1.99. The topological polar surface area (TPSA) is 41.8 Å². The number of hydrogen-bond donors (Lipinski definition) is 2. The zero-order chi connectivity index (χ0) is 9.84. The van der Waals surface area contributed by atoms with E-state index in [0.717, 1.165) is 16.8 Å². The molecule has 2 nitrogen and oxygen atoms in total. The quantitative estimate of drug-likeness (QED) is 0.595. The van der Waals surface area contributed by atoms with Crippen LogP contribution in [0.3, 0.4) is 0 Å². The monoisotopic (exact) mass is 176 g/mol. The highest BCUT2D eigenvalue weighted by atomic mass is 14.7. The predicted molar refractivity (Wildman–Crippen MR) is 58.8 cm³/mol. The van der Waals surface area contributed by atoms with Gasteiger partial charge in [0.15, 0.2) is 0 Å². The Kier molecular flexibility index (Phi) is 2.96. The molecule has 0 amide bonds. The first-order valence-electron chi connectivity index (χ1n) is 4.61. The van der Waals surface area contributed by atoms with Crippen molar-refractivity contribution in [1.82, 2.24) is 4.98 Å². The highest BCUT2D eigenvalue weighted by molar-refractivity contribution is 5.91. The fraction of sp³-hybridized carbons (Fsp3) is 0.273. The Balaban J connectivity index is 0.000000396. The normalized spacial score (nSPS) is 9.46. The van der Waals surface area contributed by atoms with Gasteiger partial charge in [0.2, 0.25) is 0 Å². The predicted octanol–water partition coefficient (Wildman–Crippen LogP) is 3.08. The van der Waals surface area contributed by atoms with Crippen LogP contribution in [0.4, 0.5) is 5.69 Å². The summed E-state index contributed by atoms with van der Waals surface area (Å²) in [4.78, 5) is 3.10. The van der Waals surface area contributed by atoms with Crippen LogP contribution in [0.5, 0.6) is 0 Å². The molecule has 2 heteroatoms. The van der Waals surface area contributed by atoms with Gasteiger partial charge in [-0.2, -0.15) is 0 Å². The van der Waals surface area contributed by atoms with Gasteiger partial charge in [0.1, 0.15) is 0 Å². The Morgan fingerprint density at radius 1 is 1.15 bits per heavy atom. The van der Waals surface area contributed by atoms with Crippen molar-refractivity contribution >= 4 is 16.6 Å². The molecule has 0 aliphatic carbocycles. The van der Waals surface area contributed by atoms with Crippen molar-refractivity contribution in [3.05, 3.63) is 30.0 Å². The number of benzene rings is 1. The third-order valence-electron chi connectivity index (χ3n) is 1.99. The van der Waals surface area contributed by atoms with Crippen LogP contribution in [0.1, 0.15) is 19.4 Å². The molecule has 0 saturated heterocycles. The Morgan fingerprint density at radius 3 is 2.54 bits per heavy atom. The van der Waals surface area contributed by atoms with Crippen molar-refractivity contribution in [3.8, 4) is 0 Å². The van der Waals surface area contributed by atoms with Crippen LogP contribution in [0.15, 0.2) is 24.4 Å². The number of H-pyrrole nitrogens is 1. The number of hydrogen-bond acceptors (Lipinski definition) is 1. The van der Waals surface area contributed by atoms with Crippen molar-refractivity contribution < 1.29 is 0 Å². The number of aromatic amines is 1. The molecule has 1 aromatic heterocycles. The molecule has 0 aliphatic rings. The summed E-state index contributed by atoms with van der Waals surface area (Å²) in [5, 5.41) is 1.17. The summed E-state index contributed by atoms with van der Waals surface area (Å²) in [6.07, 6.45) is 1.90. The van der Waals surface area contributed by atoms with Gasteiger partial charge in [-0.3, -0.25) is 0 Å². The Labute approximate surface area is 78.8 Å². The van der Waals surface area contributed by atoms with E-state index in [1.165, 1.54) is 5.39 Å². The second kappa shape index (κ2) is 3.99. The molecule has 1 aromatic carbocycles. The van der Waals surface area contributed by atoms with Gasteiger partial charge in [0, 0.05) is 11.6 Å². The first-order valence-corrected chi connectivity index (χ1v) is 4.61. The second-order valence-corrected chi connectivity index (χ2v) is 2.74. The van der Waals surface area contributed by atoms with Gasteiger partial charge >= 0.3 is 0 Å². The van der Waals surface area contributed by atoms with Crippen molar-refractivity contribution in [3.63, 3.8) is 0 Å². The van der Waals surface area contributed by atoms with E-state index in [9.17, 15) is 0 Å². The number of nitrogens with two attached hydrogens (primary N) is 1. The summed E-state index contributed by atoms with van der Waals surface area (Å²) >= 11 is 0. The third kappa shape index (κ3) is 1.66. The SMILES string of the molecule is CC.Cc1ccc2cc[nH]c2c1N. The molecule has 0 unspecified atom stereocenters. The number of anilines is 1. The van der Waals surface area contributed by atoms with Crippen molar-refractivity contribution in [2.24, 2.45) is 0 Å². The average molecular weight is 176 g/mol. The standard InChI is InChI=1S/C9H10N2.C2H6/c1-6-2-3-7-4-5-11-9(7)8(6)10;1-2/h2-5,11H,10H2,1H3;1-2H3. The van der Waals surface area contributed by atoms with Crippen LogP contribution < -0.4 is 5.73 Å². The van der Waals surface area contributed by atoms with E-state index in [0.29, 0.717) is 0 Å². The van der Waals surface area contributed by atoms with Gasteiger partial charge in [-0.1, -0.05) is 26.0 Å². The largest absolute Gasteiger partial charge is 0.397 e. The van der Waals surface area contributed by atoms with Crippen LogP contribution in [-0.4, -0.2) is 4.98 Å². The molecule has 0 atom stereocenters. The van der Waals surface area contributed by atoms with E-state index < -0.39 is 0 Å². The summed E-state index contributed by atoms with van der Waals surface area (Å²) in [7, 11) is 0. The number of fused-ring (bicyclic) bond motifs is 1. The Hall–Kier alpha value is -1.44. The number of aromatic nitrogens is 1. The lowest BCUT2D eigenvalue weighted by Crippen LogP contribution is -1.89. The molecule has 0 aliphatic heterocycles. The first kappa shape index (κ1) is 9.65. The number of rotatable bonds is 0. The molecule has 0 saturated carbocycles. The fourth-order valence-corrected chi connectivity index (χ4v) is 1.26. The van der Waals surface area contributed by atoms with E-state index in [1.54, 1.807) is 0 Å². The minimum atomic E-state index is 0.854. The molecular formula is C11H16N2. The van der Waals surface area contributed by atoms with Crippen LogP contribution in [0.25, 0.3) is 10.9 Å². The molecule has 0 fully saturated rings. The maximum atomic E-state index is 5.83. The van der Waals surface area contributed by atoms with Gasteiger partial charge in [-0.15, -0.1) is 0 Å². The molecule has 2 rings (SSSR count). The summed E-state index contributed by atoms with van der Waals surface area (Å²) in [6.45, 7) is 6.01. The summed E-state index contributed by atoms with van der Waals surface area (Å²) in [5.74, 6) is 0. The molecule has 13 heavy (non-hydrogen) atoms. The van der Waals surface area contributed by atoms with Gasteiger partial charge in [-0.25, -0.2) is 0 Å². The number of nitrogens with one attached hydrogen (secondary N) is 1. The zero-order valence-electron chi connectivity index (χ0n) is 8.39. The smallest absolute Gasteiger partial charge is 0.0690 e. The zero-order valence-corrected chi connectivity index (χ0v) is 8.39.